The molecular formula is C29H27ClN6O. The summed E-state index contributed by atoms with van der Waals surface area (Å²) < 4.78 is 3.61. The second kappa shape index (κ2) is 8.85. The first-order valence-electron chi connectivity index (χ1n) is 12.4. The molecule has 5 aromatic rings. The van der Waals surface area contributed by atoms with E-state index in [1.165, 1.54) is 5.56 Å². The van der Waals surface area contributed by atoms with Crippen LogP contribution in [0.3, 0.4) is 0 Å². The lowest BCUT2D eigenvalue weighted by Gasteiger charge is -2.38. The summed E-state index contributed by atoms with van der Waals surface area (Å²) in [6, 6.07) is 18.0. The van der Waals surface area contributed by atoms with Gasteiger partial charge in [0.05, 0.1) is 33.0 Å². The Morgan fingerprint density at radius 2 is 1.89 bits per heavy atom. The minimum absolute atomic E-state index is 0.205. The summed E-state index contributed by atoms with van der Waals surface area (Å²) in [6.07, 6.45) is 5.84. The third-order valence-electron chi connectivity index (χ3n) is 7.22. The van der Waals surface area contributed by atoms with E-state index in [9.17, 15) is 4.79 Å². The molecule has 3 aromatic heterocycles. The largest absolute Gasteiger partial charge is 0.342 e. The molecule has 1 atom stereocenters. The van der Waals surface area contributed by atoms with Gasteiger partial charge in [-0.05, 0) is 69.0 Å². The van der Waals surface area contributed by atoms with Gasteiger partial charge >= 0.3 is 0 Å². The van der Waals surface area contributed by atoms with Crippen LogP contribution in [0.15, 0.2) is 67.1 Å². The summed E-state index contributed by atoms with van der Waals surface area (Å²) >= 11 is 6.64. The Bertz CT molecular complexity index is 1670. The molecule has 0 aliphatic heterocycles. The van der Waals surface area contributed by atoms with E-state index in [1.807, 2.05) is 17.5 Å². The summed E-state index contributed by atoms with van der Waals surface area (Å²) in [5, 5.41) is 13.0. The predicted octanol–water partition coefficient (Wildman–Crippen LogP) is 5.31. The molecule has 3 heterocycles. The fourth-order valence-corrected chi connectivity index (χ4v) is 5.58. The van der Waals surface area contributed by atoms with Gasteiger partial charge in [-0.15, -0.1) is 0 Å². The van der Waals surface area contributed by atoms with Crippen molar-refractivity contribution in [3.63, 3.8) is 0 Å². The van der Waals surface area contributed by atoms with E-state index in [-0.39, 0.29) is 5.91 Å². The van der Waals surface area contributed by atoms with Crippen LogP contribution >= 0.6 is 11.6 Å². The minimum atomic E-state index is -0.588. The lowest BCUT2D eigenvalue weighted by atomic mass is 9.74. The molecule has 1 aliphatic carbocycles. The zero-order chi connectivity index (χ0) is 25.7. The first-order valence-corrected chi connectivity index (χ1v) is 12.7. The molecule has 1 N–H and O–H groups in total. The van der Waals surface area contributed by atoms with Gasteiger partial charge in [-0.25, -0.2) is 14.2 Å². The number of hydrogen-bond donors (Lipinski definition) is 1. The van der Waals surface area contributed by atoms with Crippen LogP contribution in [0.1, 0.15) is 50.6 Å². The number of aryl methyl sites for hydroxylation is 4. The van der Waals surface area contributed by atoms with Gasteiger partial charge < -0.3 is 5.32 Å². The van der Waals surface area contributed by atoms with Crippen LogP contribution in [0.25, 0.3) is 11.2 Å². The first kappa shape index (κ1) is 23.4. The maximum Gasteiger partial charge on any atom is 0.253 e. The van der Waals surface area contributed by atoms with E-state index in [1.54, 1.807) is 23.1 Å². The highest BCUT2D eigenvalue weighted by Gasteiger charge is 2.40. The van der Waals surface area contributed by atoms with Crippen LogP contribution in [0, 0.1) is 20.8 Å². The van der Waals surface area contributed by atoms with Crippen LogP contribution in [0.5, 0.6) is 0 Å². The summed E-state index contributed by atoms with van der Waals surface area (Å²) in [6.45, 7) is 5.97. The molecule has 6 rings (SSSR count). The molecule has 186 valence electrons. The third kappa shape index (κ3) is 4.19. The van der Waals surface area contributed by atoms with Gasteiger partial charge in [-0.3, -0.25) is 4.79 Å². The molecule has 0 radical (unpaired) electrons. The number of fused-ring (bicyclic) bond motifs is 3. The lowest BCUT2D eigenvalue weighted by molar-refractivity contribution is 0.0885. The summed E-state index contributed by atoms with van der Waals surface area (Å²) in [7, 11) is 0. The highest BCUT2D eigenvalue weighted by atomic mass is 35.5. The van der Waals surface area contributed by atoms with E-state index in [0.717, 1.165) is 46.4 Å². The normalized spacial score (nSPS) is 17.1. The molecule has 0 saturated heterocycles. The van der Waals surface area contributed by atoms with Gasteiger partial charge in [0.25, 0.3) is 5.91 Å². The number of nitrogens with one attached hydrogen (secondary N) is 1. The number of hydrogen-bond acceptors (Lipinski definition) is 4. The van der Waals surface area contributed by atoms with E-state index in [2.05, 4.69) is 71.8 Å². The van der Waals surface area contributed by atoms with Gasteiger partial charge in [0, 0.05) is 18.2 Å². The van der Waals surface area contributed by atoms with Gasteiger partial charge in [0.15, 0.2) is 0 Å². The number of rotatable bonds is 4. The van der Waals surface area contributed by atoms with Crippen LogP contribution in [-0.4, -0.2) is 30.3 Å². The second-order valence-corrected chi connectivity index (χ2v) is 10.4. The lowest BCUT2D eigenvalue weighted by Crippen LogP contribution is -2.49. The molecule has 7 nitrogen and oxygen atoms in total. The van der Waals surface area contributed by atoms with Crippen LogP contribution < -0.4 is 5.32 Å². The number of carbonyl (C=O) groups excluding carboxylic acids is 1. The van der Waals surface area contributed by atoms with Crippen molar-refractivity contribution < 1.29 is 4.79 Å². The van der Waals surface area contributed by atoms with Gasteiger partial charge in [-0.1, -0.05) is 47.5 Å². The molecule has 1 aliphatic rings. The van der Waals surface area contributed by atoms with Crippen molar-refractivity contribution in [1.82, 2.24) is 29.7 Å². The van der Waals surface area contributed by atoms with Gasteiger partial charge in [-0.2, -0.15) is 10.2 Å². The molecular weight excluding hydrogens is 484 g/mol. The van der Waals surface area contributed by atoms with Crippen LogP contribution in [0.4, 0.5) is 0 Å². The number of nitrogens with zero attached hydrogens (tertiary/aromatic N) is 5. The van der Waals surface area contributed by atoms with Crippen molar-refractivity contribution in [3.05, 3.63) is 111 Å². The first-order chi connectivity index (χ1) is 17.8. The Labute approximate surface area is 220 Å². The SMILES string of the molecule is Cc1cccc(C2(NC(=O)c3ccc(-n4cnc(C)n4)cc3Cl)CCc3nn4cc(C)ccc4c3C2)c1. The molecule has 2 aromatic carbocycles. The summed E-state index contributed by atoms with van der Waals surface area (Å²) in [4.78, 5) is 17.9. The molecule has 0 bridgehead atoms. The highest BCUT2D eigenvalue weighted by molar-refractivity contribution is 6.34. The average Bonchev–Trinajstić information content (AvgIpc) is 3.46. The van der Waals surface area contributed by atoms with E-state index in [0.29, 0.717) is 22.8 Å². The van der Waals surface area contributed by atoms with Crippen molar-refractivity contribution in [1.29, 1.82) is 0 Å². The number of pyridine rings is 1. The number of carbonyl (C=O) groups is 1. The number of amides is 1. The van der Waals surface area contributed by atoms with E-state index >= 15 is 0 Å². The standard InChI is InChI=1S/C29H27ClN6O/c1-18-5-4-6-21(13-18)29(12-11-26-24(15-29)27-10-7-19(2)16-35(27)34-26)32-28(37)23-9-8-22(14-25(23)30)36-17-31-20(3)33-36/h4-10,13-14,16-17H,11-12,15H2,1-3H3,(H,32,37). The number of aromatic nitrogens is 5. The Kier molecular flexibility index (Phi) is 5.60. The Morgan fingerprint density at radius 1 is 1.03 bits per heavy atom. The maximum absolute atomic E-state index is 13.8. The van der Waals surface area contributed by atoms with Crippen molar-refractivity contribution in [3.8, 4) is 5.69 Å². The number of halogens is 1. The zero-order valence-corrected chi connectivity index (χ0v) is 21.8. The predicted molar refractivity (Wildman–Crippen MR) is 143 cm³/mol. The Hall–Kier alpha value is -3.97. The van der Waals surface area contributed by atoms with Crippen molar-refractivity contribution in [2.75, 3.05) is 0 Å². The monoisotopic (exact) mass is 510 g/mol. The quantitative estimate of drug-likeness (QED) is 0.355. The fourth-order valence-electron chi connectivity index (χ4n) is 5.32. The van der Waals surface area contributed by atoms with Crippen LogP contribution in [-0.2, 0) is 18.4 Å². The van der Waals surface area contributed by atoms with Gasteiger partial charge in [0.1, 0.15) is 12.2 Å². The molecule has 0 fully saturated rings. The molecule has 1 amide bonds. The third-order valence-corrected chi connectivity index (χ3v) is 7.53. The van der Waals surface area contributed by atoms with Gasteiger partial charge in [0.2, 0.25) is 0 Å². The molecule has 8 heteroatoms. The van der Waals surface area contributed by atoms with E-state index in [4.69, 9.17) is 16.7 Å². The molecule has 37 heavy (non-hydrogen) atoms. The molecule has 1 unspecified atom stereocenters. The smallest absolute Gasteiger partial charge is 0.253 e. The molecule has 0 spiro atoms. The average molecular weight is 511 g/mol. The Morgan fingerprint density at radius 3 is 2.65 bits per heavy atom. The van der Waals surface area contributed by atoms with E-state index < -0.39 is 5.54 Å². The fraction of sp³-hybridized carbons (Fsp3) is 0.241. The minimum Gasteiger partial charge on any atom is -0.342 e. The van der Waals surface area contributed by atoms with Crippen molar-refractivity contribution in [2.24, 2.45) is 0 Å². The zero-order valence-electron chi connectivity index (χ0n) is 21.0. The highest BCUT2D eigenvalue weighted by Crippen LogP contribution is 2.39. The molecule has 0 saturated carbocycles. The number of benzene rings is 2. The maximum atomic E-state index is 13.8. The summed E-state index contributed by atoms with van der Waals surface area (Å²) in [5.74, 6) is 0.459. The topological polar surface area (TPSA) is 77.1 Å². The Balaban J connectivity index is 1.39. The van der Waals surface area contributed by atoms with Crippen molar-refractivity contribution >= 4 is 23.0 Å². The van der Waals surface area contributed by atoms with Crippen LogP contribution in [0.2, 0.25) is 5.02 Å². The van der Waals surface area contributed by atoms with Crippen molar-refractivity contribution in [2.45, 2.75) is 45.6 Å². The second-order valence-electron chi connectivity index (χ2n) is 9.94. The summed E-state index contributed by atoms with van der Waals surface area (Å²) in [5.41, 5.74) is 7.33.